The minimum atomic E-state index is -5.08. The molecule has 2 N–H and O–H groups in total. The molecule has 0 spiro atoms. The summed E-state index contributed by atoms with van der Waals surface area (Å²) in [7, 11) is 0. The molecule has 1 aliphatic carbocycles. The molecule has 36 heavy (non-hydrogen) atoms. The van der Waals surface area contributed by atoms with Gasteiger partial charge in [-0.2, -0.15) is 26.3 Å². The summed E-state index contributed by atoms with van der Waals surface area (Å²) >= 11 is 0. The number of nitrogens with zero attached hydrogens (tertiary/aromatic N) is 4. The number of hydrogen-bond acceptors (Lipinski definition) is 6. The minimum absolute atomic E-state index is 0.789. The standard InChI is InChI=1S/C18H22N4.2C2HF3O2/c1-2-5-17-13-15(12-16(17)4-1)14-21-8-10-22(11-9-21)18-19-6-3-7-20-18;2*3-2(4,5)1(6)7/h1-7,15H,8-14H2;2*(H,6,7). The Morgan fingerprint density at radius 1 is 0.806 bits per heavy atom. The highest BCUT2D eigenvalue weighted by molar-refractivity contribution is 5.73. The largest absolute Gasteiger partial charge is 0.490 e. The van der Waals surface area contributed by atoms with Crippen LogP contribution in [0.25, 0.3) is 0 Å². The van der Waals surface area contributed by atoms with E-state index in [1.165, 1.54) is 19.4 Å². The summed E-state index contributed by atoms with van der Waals surface area (Å²) in [5, 5.41) is 14.2. The van der Waals surface area contributed by atoms with Gasteiger partial charge in [-0.3, -0.25) is 4.90 Å². The average molecular weight is 522 g/mol. The Morgan fingerprint density at radius 3 is 1.61 bits per heavy atom. The molecule has 2 heterocycles. The van der Waals surface area contributed by atoms with E-state index < -0.39 is 24.3 Å². The van der Waals surface area contributed by atoms with Gasteiger partial charge in [0.25, 0.3) is 0 Å². The van der Waals surface area contributed by atoms with Crippen LogP contribution in [-0.4, -0.2) is 82.1 Å². The van der Waals surface area contributed by atoms with Crippen molar-refractivity contribution < 1.29 is 46.1 Å². The number of carboxylic acids is 2. The van der Waals surface area contributed by atoms with Crippen LogP contribution in [0.15, 0.2) is 42.7 Å². The highest BCUT2D eigenvalue weighted by Crippen LogP contribution is 2.27. The van der Waals surface area contributed by atoms with Gasteiger partial charge in [0.2, 0.25) is 5.95 Å². The van der Waals surface area contributed by atoms with E-state index in [0.717, 1.165) is 38.0 Å². The highest BCUT2D eigenvalue weighted by atomic mass is 19.4. The Bertz CT molecular complexity index is 947. The molecule has 8 nitrogen and oxygen atoms in total. The zero-order valence-electron chi connectivity index (χ0n) is 18.8. The summed E-state index contributed by atoms with van der Waals surface area (Å²) in [6, 6.07) is 10.8. The number of fused-ring (bicyclic) bond motifs is 1. The van der Waals surface area contributed by atoms with E-state index in [1.807, 2.05) is 18.5 Å². The molecule has 1 aliphatic heterocycles. The summed E-state index contributed by atoms with van der Waals surface area (Å²) in [5.41, 5.74) is 3.12. The van der Waals surface area contributed by atoms with E-state index in [1.54, 1.807) is 11.1 Å². The van der Waals surface area contributed by atoms with Gasteiger partial charge >= 0.3 is 24.3 Å². The second-order valence-electron chi connectivity index (χ2n) is 7.99. The number of aromatic nitrogens is 2. The number of aliphatic carboxylic acids is 2. The van der Waals surface area contributed by atoms with E-state index in [2.05, 4.69) is 44.0 Å². The molecule has 0 unspecified atom stereocenters. The van der Waals surface area contributed by atoms with Crippen molar-refractivity contribution in [2.24, 2.45) is 5.92 Å². The van der Waals surface area contributed by atoms with E-state index in [0.29, 0.717) is 0 Å². The molecule has 1 aromatic carbocycles. The van der Waals surface area contributed by atoms with Gasteiger partial charge < -0.3 is 15.1 Å². The molecular formula is C22H24F6N4O4. The number of anilines is 1. The van der Waals surface area contributed by atoms with Crippen molar-refractivity contribution in [2.75, 3.05) is 37.6 Å². The van der Waals surface area contributed by atoms with Crippen LogP contribution in [0.2, 0.25) is 0 Å². The maximum absolute atomic E-state index is 10.6. The maximum atomic E-state index is 10.6. The molecule has 4 rings (SSSR count). The van der Waals surface area contributed by atoms with Gasteiger partial charge in [-0.15, -0.1) is 0 Å². The molecule has 0 atom stereocenters. The van der Waals surface area contributed by atoms with Gasteiger partial charge in [0, 0.05) is 45.1 Å². The van der Waals surface area contributed by atoms with Gasteiger partial charge in [-0.25, -0.2) is 19.6 Å². The van der Waals surface area contributed by atoms with Gasteiger partial charge in [-0.05, 0) is 36.0 Å². The van der Waals surface area contributed by atoms with E-state index in [9.17, 15) is 26.3 Å². The first-order chi connectivity index (χ1) is 16.8. The number of hydrogen-bond donors (Lipinski definition) is 2. The SMILES string of the molecule is O=C(O)C(F)(F)F.O=C(O)C(F)(F)F.c1cnc(N2CCN(CC3Cc4ccccc4C3)CC2)nc1. The number of piperazine rings is 1. The lowest BCUT2D eigenvalue weighted by molar-refractivity contribution is -0.193. The second kappa shape index (κ2) is 12.5. The van der Waals surface area contributed by atoms with Crippen LogP contribution in [0.4, 0.5) is 32.3 Å². The smallest absolute Gasteiger partial charge is 0.475 e. The third-order valence-electron chi connectivity index (χ3n) is 5.34. The van der Waals surface area contributed by atoms with Crippen LogP contribution in [0, 0.1) is 5.92 Å². The molecule has 2 aromatic rings. The van der Waals surface area contributed by atoms with Crippen molar-refractivity contribution in [2.45, 2.75) is 25.2 Å². The first kappa shape index (κ1) is 28.8. The van der Waals surface area contributed by atoms with Crippen LogP contribution in [0.5, 0.6) is 0 Å². The Balaban J connectivity index is 0.000000271. The predicted molar refractivity (Wildman–Crippen MR) is 115 cm³/mol. The molecule has 0 bridgehead atoms. The lowest BCUT2D eigenvalue weighted by Crippen LogP contribution is -2.48. The fourth-order valence-corrected chi connectivity index (χ4v) is 3.73. The first-order valence-corrected chi connectivity index (χ1v) is 10.7. The second-order valence-corrected chi connectivity index (χ2v) is 7.99. The van der Waals surface area contributed by atoms with Crippen molar-refractivity contribution in [1.82, 2.24) is 14.9 Å². The molecule has 2 aliphatic rings. The molecule has 1 aromatic heterocycles. The fraction of sp³-hybridized carbons (Fsp3) is 0.455. The van der Waals surface area contributed by atoms with Crippen LogP contribution in [-0.2, 0) is 22.4 Å². The topological polar surface area (TPSA) is 107 Å². The van der Waals surface area contributed by atoms with Gasteiger partial charge in [-0.1, -0.05) is 24.3 Å². The maximum Gasteiger partial charge on any atom is 0.490 e. The Morgan fingerprint density at radius 2 is 1.22 bits per heavy atom. The van der Waals surface area contributed by atoms with Gasteiger partial charge in [0.1, 0.15) is 0 Å². The number of rotatable bonds is 3. The molecule has 0 radical (unpaired) electrons. The van der Waals surface area contributed by atoms with E-state index in [-0.39, 0.29) is 0 Å². The molecule has 0 amide bonds. The molecule has 14 heteroatoms. The summed E-state index contributed by atoms with van der Waals surface area (Å²) in [4.78, 5) is 31.4. The molecule has 198 valence electrons. The Hall–Kier alpha value is -3.42. The Kier molecular flexibility index (Phi) is 10.0. The number of carboxylic acid groups (broad SMARTS) is 2. The lowest BCUT2D eigenvalue weighted by Gasteiger charge is -2.35. The summed E-state index contributed by atoms with van der Waals surface area (Å²) in [6.07, 6.45) is -4.02. The van der Waals surface area contributed by atoms with Crippen LogP contribution >= 0.6 is 0 Å². The molecular weight excluding hydrogens is 498 g/mol. The van der Waals surface area contributed by atoms with Gasteiger partial charge in [0.15, 0.2) is 0 Å². The van der Waals surface area contributed by atoms with Crippen molar-refractivity contribution in [3.05, 3.63) is 53.9 Å². The number of alkyl halides is 6. The van der Waals surface area contributed by atoms with Crippen molar-refractivity contribution >= 4 is 17.9 Å². The van der Waals surface area contributed by atoms with Crippen LogP contribution in [0.3, 0.4) is 0 Å². The number of benzene rings is 1. The molecule has 1 saturated heterocycles. The highest BCUT2D eigenvalue weighted by Gasteiger charge is 2.38. The average Bonchev–Trinajstić information content (AvgIpc) is 3.22. The lowest BCUT2D eigenvalue weighted by atomic mass is 10.1. The zero-order chi connectivity index (χ0) is 26.9. The summed E-state index contributed by atoms with van der Waals surface area (Å²) in [6.45, 7) is 5.52. The molecule has 0 saturated carbocycles. The van der Waals surface area contributed by atoms with E-state index in [4.69, 9.17) is 19.8 Å². The third kappa shape index (κ3) is 9.32. The number of halogens is 6. The molecule has 1 fully saturated rings. The number of carbonyl (C=O) groups is 2. The quantitative estimate of drug-likeness (QED) is 0.592. The zero-order valence-corrected chi connectivity index (χ0v) is 18.8. The van der Waals surface area contributed by atoms with Gasteiger partial charge in [0.05, 0.1) is 0 Å². The summed E-state index contributed by atoms with van der Waals surface area (Å²) < 4.78 is 63.5. The monoisotopic (exact) mass is 522 g/mol. The third-order valence-corrected chi connectivity index (χ3v) is 5.34. The van der Waals surface area contributed by atoms with E-state index >= 15 is 0 Å². The minimum Gasteiger partial charge on any atom is -0.475 e. The van der Waals surface area contributed by atoms with Crippen LogP contribution < -0.4 is 4.90 Å². The Labute approximate surface area is 202 Å². The van der Waals surface area contributed by atoms with Crippen molar-refractivity contribution in [3.63, 3.8) is 0 Å². The van der Waals surface area contributed by atoms with Crippen LogP contribution in [0.1, 0.15) is 11.1 Å². The van der Waals surface area contributed by atoms with Crippen molar-refractivity contribution in [1.29, 1.82) is 0 Å². The summed E-state index contributed by atoms with van der Waals surface area (Å²) in [5.74, 6) is -3.85. The normalized spacial score (nSPS) is 16.2. The van der Waals surface area contributed by atoms with Crippen molar-refractivity contribution in [3.8, 4) is 0 Å². The fourth-order valence-electron chi connectivity index (χ4n) is 3.73. The predicted octanol–water partition coefficient (Wildman–Crippen LogP) is 3.28. The first-order valence-electron chi connectivity index (χ1n) is 10.7.